The maximum Gasteiger partial charge on any atom is 0.213 e. The predicted molar refractivity (Wildman–Crippen MR) is 71.7 cm³/mol. The summed E-state index contributed by atoms with van der Waals surface area (Å²) in [6, 6.07) is 3.81. The lowest BCUT2D eigenvalue weighted by molar-refractivity contribution is 0.212. The van der Waals surface area contributed by atoms with Gasteiger partial charge in [-0.25, -0.2) is 9.97 Å². The molecule has 3 heterocycles. The van der Waals surface area contributed by atoms with Crippen molar-refractivity contribution in [1.82, 2.24) is 14.5 Å². The molecule has 3 rings (SSSR count). The first-order valence-electron chi connectivity index (χ1n) is 6.63. The molecule has 0 fully saturated rings. The van der Waals surface area contributed by atoms with Crippen molar-refractivity contribution < 1.29 is 4.74 Å². The molecule has 0 radical (unpaired) electrons. The second kappa shape index (κ2) is 5.40. The fourth-order valence-electron chi connectivity index (χ4n) is 2.42. The summed E-state index contributed by atoms with van der Waals surface area (Å²) in [5.41, 5.74) is 6.65. The molecule has 2 aromatic rings. The molecule has 5 nitrogen and oxygen atoms in total. The Morgan fingerprint density at radius 2 is 2.32 bits per heavy atom. The average molecular weight is 258 g/mol. The van der Waals surface area contributed by atoms with Gasteiger partial charge in [-0.05, 0) is 18.1 Å². The third-order valence-electron chi connectivity index (χ3n) is 3.55. The van der Waals surface area contributed by atoms with Crippen LogP contribution in [0.3, 0.4) is 0 Å². The van der Waals surface area contributed by atoms with Gasteiger partial charge in [0.15, 0.2) is 0 Å². The molecule has 100 valence electrons. The lowest BCUT2D eigenvalue weighted by atomic mass is 9.99. The molecule has 0 saturated heterocycles. The number of pyridine rings is 1. The zero-order valence-electron chi connectivity index (χ0n) is 10.8. The van der Waals surface area contributed by atoms with E-state index >= 15 is 0 Å². The number of imidazole rings is 1. The van der Waals surface area contributed by atoms with Crippen LogP contribution in [0.5, 0.6) is 5.88 Å². The van der Waals surface area contributed by atoms with E-state index in [4.69, 9.17) is 10.5 Å². The van der Waals surface area contributed by atoms with Crippen molar-refractivity contribution in [2.24, 2.45) is 11.7 Å². The summed E-state index contributed by atoms with van der Waals surface area (Å²) in [5, 5.41) is 0. The normalized spacial score (nSPS) is 18.1. The fraction of sp³-hybridized carbons (Fsp3) is 0.429. The van der Waals surface area contributed by atoms with Crippen LogP contribution in [0.25, 0.3) is 0 Å². The van der Waals surface area contributed by atoms with Crippen LogP contribution in [-0.2, 0) is 19.5 Å². The number of fused-ring (bicyclic) bond motifs is 1. The smallest absolute Gasteiger partial charge is 0.213 e. The van der Waals surface area contributed by atoms with Gasteiger partial charge in [0.2, 0.25) is 5.88 Å². The maximum absolute atomic E-state index is 5.78. The monoisotopic (exact) mass is 258 g/mol. The Bertz CT molecular complexity index is 552. The highest BCUT2D eigenvalue weighted by molar-refractivity contribution is 5.20. The van der Waals surface area contributed by atoms with Gasteiger partial charge in [0, 0.05) is 50.1 Å². The topological polar surface area (TPSA) is 66.0 Å². The largest absolute Gasteiger partial charge is 0.477 e. The van der Waals surface area contributed by atoms with Crippen molar-refractivity contribution in [3.63, 3.8) is 0 Å². The molecule has 0 saturated carbocycles. The summed E-state index contributed by atoms with van der Waals surface area (Å²) in [5.74, 6) is 2.33. The van der Waals surface area contributed by atoms with Crippen molar-refractivity contribution in [2.45, 2.75) is 25.9 Å². The zero-order valence-corrected chi connectivity index (χ0v) is 10.8. The summed E-state index contributed by atoms with van der Waals surface area (Å²) in [6.45, 7) is 2.23. The molecule has 2 N–H and O–H groups in total. The van der Waals surface area contributed by atoms with Crippen molar-refractivity contribution in [1.29, 1.82) is 0 Å². The van der Waals surface area contributed by atoms with E-state index in [1.807, 2.05) is 24.5 Å². The molecule has 19 heavy (non-hydrogen) atoms. The molecule has 1 aliphatic rings. The first-order chi connectivity index (χ1) is 9.35. The van der Waals surface area contributed by atoms with E-state index in [2.05, 4.69) is 14.5 Å². The molecule has 0 bridgehead atoms. The van der Waals surface area contributed by atoms with Crippen molar-refractivity contribution in [3.05, 3.63) is 42.1 Å². The van der Waals surface area contributed by atoms with Crippen LogP contribution in [0.4, 0.5) is 0 Å². The van der Waals surface area contributed by atoms with Crippen molar-refractivity contribution in [2.75, 3.05) is 6.61 Å². The summed E-state index contributed by atoms with van der Waals surface area (Å²) in [4.78, 5) is 8.57. The number of nitrogens with zero attached hydrogens (tertiary/aromatic N) is 3. The van der Waals surface area contributed by atoms with Gasteiger partial charge >= 0.3 is 0 Å². The molecule has 1 atom stereocenters. The average Bonchev–Trinajstić information content (AvgIpc) is 2.93. The second-order valence-electron chi connectivity index (χ2n) is 4.91. The number of rotatable bonds is 4. The van der Waals surface area contributed by atoms with Crippen LogP contribution in [0.2, 0.25) is 0 Å². The minimum Gasteiger partial charge on any atom is -0.477 e. The summed E-state index contributed by atoms with van der Waals surface area (Å²) < 4.78 is 7.99. The third-order valence-corrected chi connectivity index (χ3v) is 3.55. The van der Waals surface area contributed by atoms with Gasteiger partial charge in [-0.3, -0.25) is 0 Å². The van der Waals surface area contributed by atoms with Gasteiger partial charge in [-0.2, -0.15) is 0 Å². The van der Waals surface area contributed by atoms with Crippen LogP contribution >= 0.6 is 0 Å². The van der Waals surface area contributed by atoms with Crippen LogP contribution < -0.4 is 10.5 Å². The van der Waals surface area contributed by atoms with Crippen LogP contribution in [0.1, 0.15) is 17.8 Å². The van der Waals surface area contributed by atoms with E-state index in [0.29, 0.717) is 24.9 Å². The zero-order chi connectivity index (χ0) is 13.1. The van der Waals surface area contributed by atoms with Gasteiger partial charge < -0.3 is 15.0 Å². The van der Waals surface area contributed by atoms with E-state index in [1.54, 1.807) is 6.20 Å². The highest BCUT2D eigenvalue weighted by Crippen LogP contribution is 2.20. The molecule has 0 spiro atoms. The summed E-state index contributed by atoms with van der Waals surface area (Å²) in [6.07, 6.45) is 7.75. The molecular formula is C14H18N4O. The lowest BCUT2D eigenvalue weighted by Crippen LogP contribution is -2.24. The Labute approximate surface area is 112 Å². The first kappa shape index (κ1) is 12.2. The minimum atomic E-state index is 0.512. The Morgan fingerprint density at radius 1 is 1.37 bits per heavy atom. The number of hydrogen-bond acceptors (Lipinski definition) is 4. The molecule has 0 aliphatic carbocycles. The highest BCUT2D eigenvalue weighted by atomic mass is 16.5. The lowest BCUT2D eigenvalue weighted by Gasteiger charge is -2.23. The first-order valence-corrected chi connectivity index (χ1v) is 6.63. The molecule has 0 aromatic carbocycles. The van der Waals surface area contributed by atoms with Gasteiger partial charge in [0.05, 0.1) is 6.61 Å². The van der Waals surface area contributed by atoms with E-state index in [0.717, 1.165) is 30.8 Å². The van der Waals surface area contributed by atoms with E-state index in [9.17, 15) is 0 Å². The molecule has 0 amide bonds. The Morgan fingerprint density at radius 3 is 3.21 bits per heavy atom. The Kier molecular flexibility index (Phi) is 3.46. The van der Waals surface area contributed by atoms with Crippen LogP contribution in [0, 0.1) is 5.92 Å². The molecular weight excluding hydrogens is 240 g/mol. The number of hydrogen-bond donors (Lipinski definition) is 1. The quantitative estimate of drug-likeness (QED) is 0.899. The van der Waals surface area contributed by atoms with Crippen LogP contribution in [-0.4, -0.2) is 21.1 Å². The number of aromatic nitrogens is 3. The summed E-state index contributed by atoms with van der Waals surface area (Å²) >= 11 is 0. The van der Waals surface area contributed by atoms with E-state index in [-0.39, 0.29) is 0 Å². The van der Waals surface area contributed by atoms with Gasteiger partial charge in [0.1, 0.15) is 5.82 Å². The molecule has 1 aliphatic heterocycles. The fourth-order valence-corrected chi connectivity index (χ4v) is 2.42. The highest BCUT2D eigenvalue weighted by Gasteiger charge is 2.19. The molecule has 1 unspecified atom stereocenters. The van der Waals surface area contributed by atoms with E-state index in [1.165, 1.54) is 0 Å². The standard InChI is InChI=1S/C14H18N4O/c15-9-11-1-3-17-14(8-11)19-10-12-2-5-18-6-4-16-13(18)7-12/h1,3-4,6,8,12H,2,5,7,9-10,15H2. The minimum absolute atomic E-state index is 0.512. The molecule has 2 aromatic heterocycles. The summed E-state index contributed by atoms with van der Waals surface area (Å²) in [7, 11) is 0. The third kappa shape index (κ3) is 2.76. The number of ether oxygens (including phenoxy) is 1. The van der Waals surface area contributed by atoms with Gasteiger partial charge in [0.25, 0.3) is 0 Å². The SMILES string of the molecule is NCc1ccnc(OCC2CCn3ccnc3C2)c1. The molecule has 5 heteroatoms. The van der Waals surface area contributed by atoms with Gasteiger partial charge in [-0.15, -0.1) is 0 Å². The maximum atomic E-state index is 5.78. The Hall–Kier alpha value is -1.88. The number of aryl methyl sites for hydroxylation is 1. The van der Waals surface area contributed by atoms with Gasteiger partial charge in [-0.1, -0.05) is 0 Å². The second-order valence-corrected chi connectivity index (χ2v) is 4.91. The number of nitrogens with two attached hydrogens (primary N) is 1. The van der Waals surface area contributed by atoms with Crippen molar-refractivity contribution in [3.8, 4) is 5.88 Å². The van der Waals surface area contributed by atoms with Crippen molar-refractivity contribution >= 4 is 0 Å². The van der Waals surface area contributed by atoms with Crippen LogP contribution in [0.15, 0.2) is 30.7 Å². The Balaban J connectivity index is 1.58. The predicted octanol–water partition coefficient (Wildman–Crippen LogP) is 1.38. The van der Waals surface area contributed by atoms with E-state index < -0.39 is 0 Å².